The molecule has 1 aromatic carbocycles. The van der Waals surface area contributed by atoms with Gasteiger partial charge < -0.3 is 4.90 Å². The highest BCUT2D eigenvalue weighted by Gasteiger charge is 2.29. The second-order valence-corrected chi connectivity index (χ2v) is 6.99. The Balaban J connectivity index is 2.19. The van der Waals surface area contributed by atoms with Crippen molar-refractivity contribution in [3.8, 4) is 0 Å². The summed E-state index contributed by atoms with van der Waals surface area (Å²) >= 11 is 1.37. The number of rotatable bonds is 3. The van der Waals surface area contributed by atoms with Crippen LogP contribution in [0.2, 0.25) is 0 Å². The lowest BCUT2D eigenvalue weighted by molar-refractivity contribution is -0.125. The molecule has 0 atom stereocenters. The van der Waals surface area contributed by atoms with Crippen LogP contribution in [0, 0.1) is 11.2 Å². The van der Waals surface area contributed by atoms with Crippen LogP contribution >= 0.6 is 11.8 Å². The van der Waals surface area contributed by atoms with Gasteiger partial charge in [-0.25, -0.2) is 4.39 Å². The zero-order valence-corrected chi connectivity index (χ0v) is 13.2. The summed E-state index contributed by atoms with van der Waals surface area (Å²) in [5.74, 6) is -0.00888. The van der Waals surface area contributed by atoms with Crippen LogP contribution in [-0.4, -0.2) is 22.3 Å². The predicted molar refractivity (Wildman–Crippen MR) is 82.0 cm³/mol. The topological polar surface area (TPSA) is 37.4 Å². The zero-order valence-electron chi connectivity index (χ0n) is 12.4. The molecule has 1 aromatic rings. The molecule has 0 aromatic heterocycles. The molecule has 5 heteroatoms. The number of ketones is 1. The van der Waals surface area contributed by atoms with E-state index in [1.807, 2.05) is 20.8 Å². The summed E-state index contributed by atoms with van der Waals surface area (Å²) in [6.07, 6.45) is 1.54. The molecule has 1 aliphatic rings. The summed E-state index contributed by atoms with van der Waals surface area (Å²) in [5, 5.41) is 0.671. The van der Waals surface area contributed by atoms with Crippen molar-refractivity contribution in [1.82, 2.24) is 4.90 Å². The Morgan fingerprint density at radius 1 is 1.33 bits per heavy atom. The smallest absolute Gasteiger partial charge is 0.238 e. The third-order valence-corrected chi connectivity index (χ3v) is 4.18. The van der Waals surface area contributed by atoms with Gasteiger partial charge in [-0.2, -0.15) is 0 Å². The Hall–Kier alpha value is -1.62. The fraction of sp³-hybridized carbons (Fsp3) is 0.375. The molecule has 0 spiro atoms. The average molecular weight is 307 g/mol. The molecule has 21 heavy (non-hydrogen) atoms. The van der Waals surface area contributed by atoms with Crippen LogP contribution in [0.15, 0.2) is 35.4 Å². The average Bonchev–Trinajstić information content (AvgIpc) is 2.73. The van der Waals surface area contributed by atoms with Crippen LogP contribution in [0.25, 0.3) is 0 Å². The predicted octanol–water partition coefficient (Wildman–Crippen LogP) is 3.36. The number of hydrogen-bond acceptors (Lipinski definition) is 3. The number of hydrogen-bond donors (Lipinski definition) is 0. The van der Waals surface area contributed by atoms with Gasteiger partial charge in [0.2, 0.25) is 5.91 Å². The van der Waals surface area contributed by atoms with Crippen molar-refractivity contribution in [3.63, 3.8) is 0 Å². The fourth-order valence-electron chi connectivity index (χ4n) is 1.80. The molecule has 112 valence electrons. The molecule has 0 aliphatic carbocycles. The van der Waals surface area contributed by atoms with Gasteiger partial charge in [0.05, 0.1) is 17.3 Å². The van der Waals surface area contributed by atoms with Crippen LogP contribution in [0.4, 0.5) is 4.39 Å². The van der Waals surface area contributed by atoms with Crippen LogP contribution in [0.5, 0.6) is 0 Å². The largest absolute Gasteiger partial charge is 0.301 e. The van der Waals surface area contributed by atoms with Gasteiger partial charge in [0.1, 0.15) is 5.82 Å². The Bertz CT molecular complexity index is 587. The van der Waals surface area contributed by atoms with E-state index in [4.69, 9.17) is 0 Å². The molecule has 3 nitrogen and oxygen atoms in total. The minimum absolute atomic E-state index is 0.0104. The number of thioether (sulfide) groups is 1. The molecule has 1 heterocycles. The summed E-state index contributed by atoms with van der Waals surface area (Å²) in [6.45, 7) is 5.89. The normalized spacial score (nSPS) is 17.6. The van der Waals surface area contributed by atoms with Gasteiger partial charge in [-0.3, -0.25) is 9.59 Å². The van der Waals surface area contributed by atoms with Gasteiger partial charge in [0.15, 0.2) is 5.78 Å². The highest BCUT2D eigenvalue weighted by Crippen LogP contribution is 2.31. The summed E-state index contributed by atoms with van der Waals surface area (Å²) in [4.78, 5) is 25.6. The highest BCUT2D eigenvalue weighted by molar-refractivity contribution is 8.04. The second-order valence-electron chi connectivity index (χ2n) is 5.99. The van der Waals surface area contributed by atoms with Gasteiger partial charge >= 0.3 is 0 Å². The van der Waals surface area contributed by atoms with Gasteiger partial charge in [-0.1, -0.05) is 44.7 Å². The second kappa shape index (κ2) is 6.02. The van der Waals surface area contributed by atoms with Crippen molar-refractivity contribution in [2.75, 3.05) is 5.75 Å². The van der Waals surface area contributed by atoms with E-state index in [1.54, 1.807) is 23.1 Å². The quantitative estimate of drug-likeness (QED) is 0.804. The van der Waals surface area contributed by atoms with E-state index in [1.165, 1.54) is 23.9 Å². The Morgan fingerprint density at radius 3 is 2.52 bits per heavy atom. The Kier molecular flexibility index (Phi) is 4.52. The maximum absolute atomic E-state index is 12.9. The van der Waals surface area contributed by atoms with E-state index < -0.39 is 5.41 Å². The van der Waals surface area contributed by atoms with E-state index in [0.717, 1.165) is 5.56 Å². The van der Waals surface area contributed by atoms with Crippen molar-refractivity contribution in [3.05, 3.63) is 46.8 Å². The monoisotopic (exact) mass is 307 g/mol. The highest BCUT2D eigenvalue weighted by atomic mass is 32.2. The first kappa shape index (κ1) is 15.8. The number of allylic oxidation sites excluding steroid dienone is 1. The maximum atomic E-state index is 12.9. The lowest BCUT2D eigenvalue weighted by atomic mass is 9.91. The van der Waals surface area contributed by atoms with E-state index in [0.29, 0.717) is 17.3 Å². The number of carbonyl (C=O) groups is 2. The minimum Gasteiger partial charge on any atom is -0.301 e. The molecule has 0 radical (unpaired) electrons. The molecule has 1 aliphatic heterocycles. The first-order chi connectivity index (χ1) is 9.77. The van der Waals surface area contributed by atoms with Gasteiger partial charge in [-0.15, -0.1) is 0 Å². The lowest BCUT2D eigenvalue weighted by Crippen LogP contribution is -2.25. The van der Waals surface area contributed by atoms with Crippen LogP contribution < -0.4 is 0 Å². The molecule has 0 saturated carbocycles. The Labute approximate surface area is 128 Å². The van der Waals surface area contributed by atoms with Crippen molar-refractivity contribution < 1.29 is 14.0 Å². The number of halogens is 1. The van der Waals surface area contributed by atoms with E-state index in [9.17, 15) is 14.0 Å². The third kappa shape index (κ3) is 3.94. The first-order valence-corrected chi connectivity index (χ1v) is 7.69. The standard InChI is InChI=1S/C16H18FNO2S/c1-16(2,3)13(19)8-15-18(14(20)10-21-15)9-11-4-6-12(17)7-5-11/h4-8H,9-10H2,1-3H3/b15-8-. The van der Waals surface area contributed by atoms with Gasteiger partial charge in [0, 0.05) is 11.5 Å². The zero-order chi connectivity index (χ0) is 15.6. The van der Waals surface area contributed by atoms with Crippen LogP contribution in [-0.2, 0) is 16.1 Å². The number of nitrogens with zero attached hydrogens (tertiary/aromatic N) is 1. The molecule has 1 saturated heterocycles. The van der Waals surface area contributed by atoms with Gasteiger partial charge in [-0.05, 0) is 17.7 Å². The summed E-state index contributed by atoms with van der Waals surface area (Å²) in [5.41, 5.74) is 0.363. The van der Waals surface area contributed by atoms with Gasteiger partial charge in [0.25, 0.3) is 0 Å². The lowest BCUT2D eigenvalue weighted by Gasteiger charge is -2.19. The summed E-state index contributed by atoms with van der Waals surface area (Å²) in [6, 6.07) is 6.03. The Morgan fingerprint density at radius 2 is 1.95 bits per heavy atom. The summed E-state index contributed by atoms with van der Waals surface area (Å²) in [7, 11) is 0. The molecule has 0 unspecified atom stereocenters. The molecular formula is C16H18FNO2S. The third-order valence-electron chi connectivity index (χ3n) is 3.16. The van der Waals surface area contributed by atoms with E-state index >= 15 is 0 Å². The van der Waals surface area contributed by atoms with Crippen molar-refractivity contribution in [2.45, 2.75) is 27.3 Å². The number of carbonyl (C=O) groups excluding carboxylic acids is 2. The molecular weight excluding hydrogens is 289 g/mol. The molecule has 0 bridgehead atoms. The van der Waals surface area contributed by atoms with Crippen molar-refractivity contribution in [2.24, 2.45) is 5.41 Å². The van der Waals surface area contributed by atoms with E-state index in [2.05, 4.69) is 0 Å². The van der Waals surface area contributed by atoms with Crippen molar-refractivity contribution in [1.29, 1.82) is 0 Å². The minimum atomic E-state index is -0.471. The van der Waals surface area contributed by atoms with Crippen LogP contribution in [0.3, 0.4) is 0 Å². The molecule has 2 rings (SSSR count). The summed E-state index contributed by atoms with van der Waals surface area (Å²) < 4.78 is 12.9. The maximum Gasteiger partial charge on any atom is 0.238 e. The fourth-order valence-corrected chi connectivity index (χ4v) is 2.74. The van der Waals surface area contributed by atoms with Crippen LogP contribution in [0.1, 0.15) is 26.3 Å². The first-order valence-electron chi connectivity index (χ1n) is 6.71. The molecule has 1 amide bonds. The molecule has 1 fully saturated rings. The van der Waals surface area contributed by atoms with Crippen molar-refractivity contribution >= 4 is 23.5 Å². The number of amides is 1. The van der Waals surface area contributed by atoms with E-state index in [-0.39, 0.29) is 17.5 Å². The SMILES string of the molecule is CC(C)(C)C(=O)/C=C1\SCC(=O)N1Cc1ccc(F)cc1. The number of benzene rings is 1. The molecule has 0 N–H and O–H groups in total.